The van der Waals surface area contributed by atoms with E-state index in [2.05, 4.69) is 36.5 Å². The van der Waals surface area contributed by atoms with Crippen molar-refractivity contribution in [2.45, 2.75) is 13.8 Å². The Morgan fingerprint density at radius 3 is 2.30 bits per heavy atom. The van der Waals surface area contributed by atoms with Crippen molar-refractivity contribution >= 4 is 22.5 Å². The lowest BCUT2D eigenvalue weighted by atomic mass is 10.0. The van der Waals surface area contributed by atoms with Crippen LogP contribution in [0.5, 0.6) is 0 Å². The van der Waals surface area contributed by atoms with Crippen LogP contribution >= 0.6 is 0 Å². The Balaban J connectivity index is 1.87. The summed E-state index contributed by atoms with van der Waals surface area (Å²) in [6.07, 6.45) is 0. The zero-order chi connectivity index (χ0) is 18.8. The maximum Gasteiger partial charge on any atom is 0.221 e. The van der Waals surface area contributed by atoms with Crippen molar-refractivity contribution in [3.63, 3.8) is 0 Å². The van der Waals surface area contributed by atoms with E-state index in [4.69, 9.17) is 9.97 Å². The zero-order valence-corrected chi connectivity index (χ0v) is 15.2. The van der Waals surface area contributed by atoms with Crippen molar-refractivity contribution in [3.05, 3.63) is 78.4 Å². The number of nitrogens with zero attached hydrogens (tertiary/aromatic N) is 2. The van der Waals surface area contributed by atoms with Gasteiger partial charge < -0.3 is 5.32 Å². The minimum atomic E-state index is -0.0913. The number of amides is 1. The SMILES string of the molecule is CC(=O)Nc1ccc(-c2nc(-c3ccccc3)c3cc(C)ccc3n2)cc1. The van der Waals surface area contributed by atoms with Crippen LogP contribution < -0.4 is 5.32 Å². The average molecular weight is 353 g/mol. The van der Waals surface area contributed by atoms with Crippen molar-refractivity contribution in [1.82, 2.24) is 9.97 Å². The molecule has 3 aromatic carbocycles. The van der Waals surface area contributed by atoms with Crippen LogP contribution in [0.25, 0.3) is 33.5 Å². The van der Waals surface area contributed by atoms with Gasteiger partial charge in [-0.1, -0.05) is 42.0 Å². The molecule has 0 saturated carbocycles. The fourth-order valence-electron chi connectivity index (χ4n) is 3.09. The topological polar surface area (TPSA) is 54.9 Å². The van der Waals surface area contributed by atoms with Crippen LogP contribution in [0.1, 0.15) is 12.5 Å². The first-order valence-corrected chi connectivity index (χ1v) is 8.82. The van der Waals surface area contributed by atoms with Crippen molar-refractivity contribution in [1.29, 1.82) is 0 Å². The maximum atomic E-state index is 11.2. The Morgan fingerprint density at radius 2 is 1.59 bits per heavy atom. The van der Waals surface area contributed by atoms with Gasteiger partial charge in [0.15, 0.2) is 5.82 Å². The van der Waals surface area contributed by atoms with Gasteiger partial charge in [0.25, 0.3) is 0 Å². The number of fused-ring (bicyclic) bond motifs is 1. The first kappa shape index (κ1) is 16.9. The number of rotatable bonds is 3. The van der Waals surface area contributed by atoms with Crippen LogP contribution in [0.2, 0.25) is 0 Å². The summed E-state index contributed by atoms with van der Waals surface area (Å²) in [6.45, 7) is 3.57. The molecule has 0 saturated heterocycles. The highest BCUT2D eigenvalue weighted by Gasteiger charge is 2.11. The number of hydrogen-bond donors (Lipinski definition) is 1. The Kier molecular flexibility index (Phi) is 4.38. The molecule has 0 bridgehead atoms. The molecular weight excluding hydrogens is 334 g/mol. The van der Waals surface area contributed by atoms with Crippen molar-refractivity contribution in [2.24, 2.45) is 0 Å². The van der Waals surface area contributed by atoms with Crippen LogP contribution in [-0.2, 0) is 4.79 Å². The molecule has 4 rings (SSSR count). The number of anilines is 1. The molecule has 0 spiro atoms. The fourth-order valence-corrected chi connectivity index (χ4v) is 3.09. The monoisotopic (exact) mass is 353 g/mol. The average Bonchev–Trinajstić information content (AvgIpc) is 2.68. The summed E-state index contributed by atoms with van der Waals surface area (Å²) in [6, 6.07) is 24.0. The van der Waals surface area contributed by atoms with Gasteiger partial charge in [-0.15, -0.1) is 0 Å². The molecule has 1 amide bonds. The van der Waals surface area contributed by atoms with Gasteiger partial charge in [0, 0.05) is 29.1 Å². The molecule has 0 unspecified atom stereocenters. The maximum absolute atomic E-state index is 11.2. The van der Waals surface area contributed by atoms with Crippen LogP contribution in [-0.4, -0.2) is 15.9 Å². The molecule has 0 fully saturated rings. The predicted molar refractivity (Wildman–Crippen MR) is 109 cm³/mol. The van der Waals surface area contributed by atoms with Gasteiger partial charge in [-0.3, -0.25) is 4.79 Å². The zero-order valence-electron chi connectivity index (χ0n) is 15.2. The summed E-state index contributed by atoms with van der Waals surface area (Å²) in [4.78, 5) is 20.8. The molecule has 0 atom stereocenters. The van der Waals surface area contributed by atoms with Gasteiger partial charge >= 0.3 is 0 Å². The lowest BCUT2D eigenvalue weighted by Gasteiger charge is -2.10. The molecule has 0 aliphatic heterocycles. The Bertz CT molecular complexity index is 1120. The molecule has 4 aromatic rings. The van der Waals surface area contributed by atoms with Gasteiger partial charge in [0.1, 0.15) is 0 Å². The van der Waals surface area contributed by atoms with Gasteiger partial charge in [-0.05, 0) is 43.3 Å². The lowest BCUT2D eigenvalue weighted by molar-refractivity contribution is -0.114. The summed E-state index contributed by atoms with van der Waals surface area (Å²) in [5, 5.41) is 3.82. The van der Waals surface area contributed by atoms with Gasteiger partial charge in [0.05, 0.1) is 11.2 Å². The Hall–Kier alpha value is -3.53. The molecule has 132 valence electrons. The number of aromatic nitrogens is 2. The third-order valence-electron chi connectivity index (χ3n) is 4.36. The number of hydrogen-bond acceptors (Lipinski definition) is 3. The van der Waals surface area contributed by atoms with Crippen molar-refractivity contribution in [3.8, 4) is 22.6 Å². The third kappa shape index (κ3) is 3.55. The Morgan fingerprint density at radius 1 is 0.852 bits per heavy atom. The summed E-state index contributed by atoms with van der Waals surface area (Å²) in [5.74, 6) is 0.575. The van der Waals surface area contributed by atoms with Gasteiger partial charge in [0.2, 0.25) is 5.91 Å². The number of carbonyl (C=O) groups is 1. The van der Waals surface area contributed by atoms with Gasteiger partial charge in [-0.25, -0.2) is 9.97 Å². The summed E-state index contributed by atoms with van der Waals surface area (Å²) >= 11 is 0. The van der Waals surface area contributed by atoms with E-state index in [9.17, 15) is 4.79 Å². The minimum absolute atomic E-state index is 0.0913. The lowest BCUT2D eigenvalue weighted by Crippen LogP contribution is -2.05. The standard InChI is InChI=1S/C23H19N3O/c1-15-8-13-21-20(14-15)22(17-6-4-3-5-7-17)26-23(25-21)18-9-11-19(12-10-18)24-16(2)27/h3-14H,1-2H3,(H,24,27). The van der Waals surface area contributed by atoms with Crippen LogP contribution in [0, 0.1) is 6.92 Å². The van der Waals surface area contributed by atoms with Crippen LogP contribution in [0.4, 0.5) is 5.69 Å². The molecule has 1 heterocycles. The smallest absolute Gasteiger partial charge is 0.221 e. The van der Waals surface area contributed by atoms with Crippen molar-refractivity contribution in [2.75, 3.05) is 5.32 Å². The van der Waals surface area contributed by atoms with E-state index in [0.29, 0.717) is 5.82 Å². The van der Waals surface area contributed by atoms with E-state index in [1.54, 1.807) is 0 Å². The van der Waals surface area contributed by atoms with Crippen LogP contribution in [0.15, 0.2) is 72.8 Å². The normalized spacial score (nSPS) is 10.7. The molecule has 1 aromatic heterocycles. The van der Waals surface area contributed by atoms with Gasteiger partial charge in [-0.2, -0.15) is 0 Å². The fraction of sp³-hybridized carbons (Fsp3) is 0.0870. The van der Waals surface area contributed by atoms with E-state index in [-0.39, 0.29) is 5.91 Å². The second kappa shape index (κ2) is 7.00. The quantitative estimate of drug-likeness (QED) is 0.549. The summed E-state index contributed by atoms with van der Waals surface area (Å²) in [5.41, 5.74) is 5.73. The second-order valence-corrected chi connectivity index (χ2v) is 6.54. The highest BCUT2D eigenvalue weighted by Crippen LogP contribution is 2.30. The van der Waals surface area contributed by atoms with E-state index in [1.807, 2.05) is 48.5 Å². The molecule has 0 aliphatic rings. The molecule has 1 N–H and O–H groups in total. The molecule has 27 heavy (non-hydrogen) atoms. The molecule has 4 heteroatoms. The third-order valence-corrected chi connectivity index (χ3v) is 4.36. The van der Waals surface area contributed by atoms with E-state index >= 15 is 0 Å². The minimum Gasteiger partial charge on any atom is -0.326 e. The van der Waals surface area contributed by atoms with E-state index in [1.165, 1.54) is 12.5 Å². The predicted octanol–water partition coefficient (Wildman–Crippen LogP) is 5.23. The van der Waals surface area contributed by atoms with Crippen molar-refractivity contribution < 1.29 is 4.79 Å². The highest BCUT2D eigenvalue weighted by atomic mass is 16.1. The molecule has 4 nitrogen and oxygen atoms in total. The number of benzene rings is 3. The van der Waals surface area contributed by atoms with E-state index in [0.717, 1.165) is 33.4 Å². The second-order valence-electron chi connectivity index (χ2n) is 6.54. The number of carbonyl (C=O) groups excluding carboxylic acids is 1. The van der Waals surface area contributed by atoms with E-state index < -0.39 is 0 Å². The molecule has 0 radical (unpaired) electrons. The molecular formula is C23H19N3O. The highest BCUT2D eigenvalue weighted by molar-refractivity contribution is 5.94. The summed E-state index contributed by atoms with van der Waals surface area (Å²) < 4.78 is 0. The Labute approximate surface area is 157 Å². The first-order valence-electron chi connectivity index (χ1n) is 8.82. The number of aryl methyl sites for hydroxylation is 1. The largest absolute Gasteiger partial charge is 0.326 e. The summed E-state index contributed by atoms with van der Waals surface area (Å²) in [7, 11) is 0. The first-order chi connectivity index (χ1) is 13.1. The molecule has 0 aliphatic carbocycles. The number of nitrogens with one attached hydrogen (secondary N) is 1. The van der Waals surface area contributed by atoms with Crippen LogP contribution in [0.3, 0.4) is 0 Å².